The minimum absolute atomic E-state index is 0.0404. The monoisotopic (exact) mass is 580 g/mol. The molecule has 1 aliphatic heterocycles. The topological polar surface area (TPSA) is 96.4 Å². The van der Waals surface area contributed by atoms with E-state index in [2.05, 4.69) is 18.7 Å². The lowest BCUT2D eigenvalue weighted by molar-refractivity contribution is -0.153. The van der Waals surface area contributed by atoms with E-state index in [0.29, 0.717) is 32.2 Å². The second kappa shape index (κ2) is 19.6. The Hall–Kier alpha value is -2.43. The Labute approximate surface area is 242 Å². The number of carbonyl (C=O) groups is 3. The molecule has 2 atom stereocenters. The second-order valence-corrected chi connectivity index (χ2v) is 11.1. The molecule has 1 saturated heterocycles. The molecule has 0 bridgehead atoms. The highest BCUT2D eigenvalue weighted by Crippen LogP contribution is 2.21. The molecule has 40 heavy (non-hydrogen) atoms. The van der Waals surface area contributed by atoms with Crippen LogP contribution in [0.5, 0.6) is 0 Å². The summed E-state index contributed by atoms with van der Waals surface area (Å²) in [6.07, 6.45) is 7.42. The molecule has 1 heterocycles. The first-order chi connectivity index (χ1) is 19.3. The van der Waals surface area contributed by atoms with Crippen molar-refractivity contribution in [2.24, 2.45) is 0 Å². The van der Waals surface area contributed by atoms with Gasteiger partial charge in [-0.3, -0.25) is 19.3 Å². The second-order valence-electron chi connectivity index (χ2n) is 9.91. The van der Waals surface area contributed by atoms with E-state index in [1.54, 1.807) is 30.0 Å². The van der Waals surface area contributed by atoms with Crippen molar-refractivity contribution in [3.8, 4) is 0 Å². The average Bonchev–Trinajstić information content (AvgIpc) is 3.28. The third kappa shape index (κ3) is 13.8. The van der Waals surface area contributed by atoms with Gasteiger partial charge in [-0.2, -0.15) is 11.8 Å². The van der Waals surface area contributed by atoms with Gasteiger partial charge < -0.3 is 19.5 Å². The maximum absolute atomic E-state index is 13.1. The number of hydrogen-bond donors (Lipinski definition) is 1. The predicted octanol–water partition coefficient (Wildman–Crippen LogP) is 4.00. The Morgan fingerprint density at radius 3 is 2.48 bits per heavy atom. The van der Waals surface area contributed by atoms with Gasteiger partial charge in [0.05, 0.1) is 18.7 Å². The first-order valence-corrected chi connectivity index (χ1v) is 15.5. The number of carbonyl (C=O) groups excluding carboxylic acids is 3. The van der Waals surface area contributed by atoms with E-state index in [0.717, 1.165) is 49.4 Å². The van der Waals surface area contributed by atoms with Crippen molar-refractivity contribution in [1.82, 2.24) is 9.80 Å². The molecule has 1 N–H and O–H groups in total. The predicted molar refractivity (Wildman–Crippen MR) is 155 cm³/mol. The Morgan fingerprint density at radius 2 is 1.80 bits per heavy atom. The highest BCUT2D eigenvalue weighted by atomic mass is 32.2. The molecule has 0 aromatic heterocycles. The molecule has 224 valence electrons. The Bertz CT molecular complexity index is 923. The lowest BCUT2D eigenvalue weighted by Crippen LogP contribution is -2.34. The van der Waals surface area contributed by atoms with Crippen LogP contribution in [-0.4, -0.2) is 95.8 Å². The molecule has 1 aromatic rings. The summed E-state index contributed by atoms with van der Waals surface area (Å²) < 4.78 is 23.4. The van der Waals surface area contributed by atoms with Crippen molar-refractivity contribution in [2.45, 2.75) is 70.9 Å². The fraction of sp³-hybridized carbons (Fsp3) is 0.633. The summed E-state index contributed by atoms with van der Waals surface area (Å²) >= 11 is 1.68. The minimum atomic E-state index is -0.703. The molecule has 8 nitrogen and oxygen atoms in total. The smallest absolute Gasteiger partial charge is 0.320 e. The van der Waals surface area contributed by atoms with Gasteiger partial charge in [0.1, 0.15) is 19.0 Å². The van der Waals surface area contributed by atoms with Gasteiger partial charge in [-0.25, -0.2) is 4.39 Å². The lowest BCUT2D eigenvalue weighted by atomic mass is 10.1. The first-order valence-electron chi connectivity index (χ1n) is 14.3. The average molecular weight is 581 g/mol. The zero-order valence-corrected chi connectivity index (χ0v) is 24.7. The third-order valence-electron chi connectivity index (χ3n) is 6.48. The number of amides is 1. The van der Waals surface area contributed by atoms with Gasteiger partial charge in [0, 0.05) is 31.6 Å². The summed E-state index contributed by atoms with van der Waals surface area (Å²) in [4.78, 5) is 40.1. The van der Waals surface area contributed by atoms with E-state index in [1.165, 1.54) is 12.1 Å². The number of rotatable bonds is 20. The molecule has 0 saturated carbocycles. The van der Waals surface area contributed by atoms with Crippen LogP contribution >= 0.6 is 11.8 Å². The van der Waals surface area contributed by atoms with E-state index < -0.39 is 6.10 Å². The fourth-order valence-corrected chi connectivity index (χ4v) is 5.41. The van der Waals surface area contributed by atoms with E-state index in [-0.39, 0.29) is 49.5 Å². The van der Waals surface area contributed by atoms with Crippen molar-refractivity contribution in [2.75, 3.05) is 50.9 Å². The molecule has 2 rings (SSSR count). The van der Waals surface area contributed by atoms with Crippen molar-refractivity contribution in [3.63, 3.8) is 0 Å². The minimum Gasteiger partial charge on any atom is -0.462 e. The van der Waals surface area contributed by atoms with Crippen molar-refractivity contribution >= 4 is 29.6 Å². The van der Waals surface area contributed by atoms with Crippen LogP contribution in [0.3, 0.4) is 0 Å². The van der Waals surface area contributed by atoms with Crippen LogP contribution in [0.2, 0.25) is 0 Å². The van der Waals surface area contributed by atoms with Gasteiger partial charge in [-0.05, 0) is 62.2 Å². The normalized spacial score (nSPS) is 16.2. The summed E-state index contributed by atoms with van der Waals surface area (Å²) in [5.74, 6) is 0.716. The summed E-state index contributed by atoms with van der Waals surface area (Å²) in [6, 6.07) is 6.02. The highest BCUT2D eigenvalue weighted by molar-refractivity contribution is 7.99. The van der Waals surface area contributed by atoms with Gasteiger partial charge in [0.2, 0.25) is 5.91 Å². The first kappa shape index (κ1) is 33.8. The summed E-state index contributed by atoms with van der Waals surface area (Å²) in [5, 5.41) is 10.3. The Balaban J connectivity index is 1.55. The molecule has 10 heteroatoms. The molecular weight excluding hydrogens is 535 g/mol. The largest absolute Gasteiger partial charge is 0.462 e. The number of halogens is 1. The zero-order chi connectivity index (χ0) is 29.2. The lowest BCUT2D eigenvalue weighted by Gasteiger charge is -2.22. The van der Waals surface area contributed by atoms with Gasteiger partial charge in [-0.15, -0.1) is 0 Å². The number of aliphatic hydroxyl groups excluding tert-OH is 1. The van der Waals surface area contributed by atoms with Gasteiger partial charge in [0.15, 0.2) is 0 Å². The van der Waals surface area contributed by atoms with E-state index in [9.17, 15) is 23.9 Å². The fourth-order valence-electron chi connectivity index (χ4n) is 4.53. The maximum atomic E-state index is 13.1. The van der Waals surface area contributed by atoms with Crippen molar-refractivity contribution < 1.29 is 33.4 Å². The van der Waals surface area contributed by atoms with Crippen LogP contribution in [-0.2, 0) is 30.3 Å². The number of esters is 2. The van der Waals surface area contributed by atoms with E-state index in [1.807, 2.05) is 11.0 Å². The molecule has 1 amide bonds. The molecule has 1 aromatic carbocycles. The quantitative estimate of drug-likeness (QED) is 0.141. The molecule has 1 aliphatic rings. The van der Waals surface area contributed by atoms with Crippen LogP contribution < -0.4 is 0 Å². The third-order valence-corrected chi connectivity index (χ3v) is 7.52. The molecule has 1 fully saturated rings. The maximum Gasteiger partial charge on any atom is 0.320 e. The van der Waals surface area contributed by atoms with Crippen LogP contribution in [0.1, 0.15) is 57.9 Å². The van der Waals surface area contributed by atoms with E-state index in [4.69, 9.17) is 9.47 Å². The number of likely N-dealkylation sites (tertiary alicyclic amines) is 1. The van der Waals surface area contributed by atoms with Crippen molar-refractivity contribution in [1.29, 1.82) is 0 Å². The zero-order valence-electron chi connectivity index (χ0n) is 23.9. The number of nitrogens with zero attached hydrogens (tertiary/aromatic N) is 2. The molecular formula is C30H45FN2O6S. The summed E-state index contributed by atoms with van der Waals surface area (Å²) in [5.41, 5.74) is 0.846. The number of hydrogen-bond acceptors (Lipinski definition) is 8. The number of ether oxygens (including phenoxy) is 2. The molecule has 0 spiro atoms. The van der Waals surface area contributed by atoms with Crippen LogP contribution in [0.25, 0.3) is 0 Å². The van der Waals surface area contributed by atoms with Crippen LogP contribution in [0.15, 0.2) is 36.4 Å². The highest BCUT2D eigenvalue weighted by Gasteiger charge is 2.28. The number of benzene rings is 1. The van der Waals surface area contributed by atoms with Gasteiger partial charge >= 0.3 is 11.9 Å². The molecule has 0 unspecified atom stereocenters. The van der Waals surface area contributed by atoms with Gasteiger partial charge in [0.25, 0.3) is 0 Å². The van der Waals surface area contributed by atoms with Crippen molar-refractivity contribution in [3.05, 3.63) is 47.8 Å². The summed E-state index contributed by atoms with van der Waals surface area (Å²) in [7, 11) is 0. The standard InChI is InChI=1S/C30H45FN2O6S/c1-3-15-32(16-4-2)23-30(37)39-19-18-38-29(36)6-5-20-40-21-17-33-26(12-14-28(33)35)11-13-27(34)22-24-7-9-25(31)10-8-24/h7-11,13,26-27,34H,3-6,12,14-23H2,1-2H3/t26-,27+/m0/s1. The SMILES string of the molecule is CCCN(CCC)CC(=O)OCCOC(=O)CCCSCCN1C(=O)CC[C@@H]1C=C[C@@H](O)Cc1ccc(F)cc1. The van der Waals surface area contributed by atoms with Crippen LogP contribution in [0.4, 0.5) is 4.39 Å². The Kier molecular flexibility index (Phi) is 16.6. The molecule has 0 radical (unpaired) electrons. The van der Waals surface area contributed by atoms with Crippen LogP contribution in [0, 0.1) is 5.82 Å². The summed E-state index contributed by atoms with van der Waals surface area (Å²) in [6.45, 7) is 6.84. The number of aliphatic hydroxyl groups is 1. The Morgan fingerprint density at radius 1 is 1.12 bits per heavy atom. The van der Waals surface area contributed by atoms with Gasteiger partial charge in [-0.1, -0.05) is 38.1 Å². The molecule has 0 aliphatic carbocycles. The number of thioether (sulfide) groups is 1. The van der Waals surface area contributed by atoms with E-state index >= 15 is 0 Å².